The third-order valence-electron chi connectivity index (χ3n) is 3.24. The zero-order chi connectivity index (χ0) is 14.9. The van der Waals surface area contributed by atoms with Crippen molar-refractivity contribution >= 4 is 0 Å². The van der Waals surface area contributed by atoms with Crippen LogP contribution in [-0.4, -0.2) is 14.8 Å². The van der Waals surface area contributed by atoms with Crippen molar-refractivity contribution in [3.05, 3.63) is 47.5 Å². The average molecular weight is 283 g/mol. The van der Waals surface area contributed by atoms with Crippen LogP contribution in [-0.2, 0) is 6.18 Å². The molecule has 0 saturated carbocycles. The van der Waals surface area contributed by atoms with E-state index < -0.39 is 12.0 Å². The molecule has 1 heterocycles. The Hall–Kier alpha value is -1.85. The highest BCUT2D eigenvalue weighted by atomic mass is 19.4. The van der Waals surface area contributed by atoms with Crippen molar-refractivity contribution in [2.75, 3.05) is 0 Å². The lowest BCUT2D eigenvalue weighted by Crippen LogP contribution is -2.12. The molecule has 0 bridgehead atoms. The molecule has 108 valence electrons. The van der Waals surface area contributed by atoms with Crippen LogP contribution in [0.15, 0.2) is 30.6 Å². The Morgan fingerprint density at radius 2 is 1.55 bits per heavy atom. The van der Waals surface area contributed by atoms with Gasteiger partial charge in [0.2, 0.25) is 0 Å². The Bertz CT molecular complexity index is 570. The van der Waals surface area contributed by atoms with Crippen molar-refractivity contribution < 1.29 is 13.2 Å². The summed E-state index contributed by atoms with van der Waals surface area (Å²) in [6, 6.07) is 7.50. The summed E-state index contributed by atoms with van der Waals surface area (Å²) in [4.78, 5) is 3.31. The molecule has 0 fully saturated rings. The number of aromatic nitrogens is 3. The highest BCUT2D eigenvalue weighted by Gasteiger charge is 2.36. The van der Waals surface area contributed by atoms with E-state index in [1.165, 1.54) is 10.2 Å². The van der Waals surface area contributed by atoms with Gasteiger partial charge < -0.3 is 0 Å². The van der Waals surface area contributed by atoms with Crippen LogP contribution in [0.2, 0.25) is 0 Å². The predicted octanol–water partition coefficient (Wildman–Crippen LogP) is 4.03. The van der Waals surface area contributed by atoms with E-state index in [2.05, 4.69) is 23.9 Å². The number of benzene rings is 1. The van der Waals surface area contributed by atoms with E-state index >= 15 is 0 Å². The Kier molecular flexibility index (Phi) is 3.83. The molecular weight excluding hydrogens is 267 g/mol. The Morgan fingerprint density at radius 1 is 1.00 bits per heavy atom. The van der Waals surface area contributed by atoms with Gasteiger partial charge in [0, 0.05) is 0 Å². The molecule has 3 nitrogen and oxygen atoms in total. The molecule has 1 aromatic carbocycles. The lowest BCUT2D eigenvalue weighted by Gasteiger charge is -2.13. The molecule has 1 unspecified atom stereocenters. The van der Waals surface area contributed by atoms with E-state index in [1.807, 2.05) is 24.3 Å². The molecule has 0 aliphatic heterocycles. The maximum atomic E-state index is 12.5. The summed E-state index contributed by atoms with van der Waals surface area (Å²) in [5.41, 5.74) is 2.09. The van der Waals surface area contributed by atoms with E-state index in [9.17, 15) is 13.2 Å². The highest BCUT2D eigenvalue weighted by Crippen LogP contribution is 2.27. The maximum Gasteiger partial charge on any atom is 0.453 e. The van der Waals surface area contributed by atoms with Crippen LogP contribution in [0.5, 0.6) is 0 Å². The molecule has 0 saturated heterocycles. The van der Waals surface area contributed by atoms with Crippen LogP contribution in [0.25, 0.3) is 0 Å². The minimum Gasteiger partial charge on any atom is -0.245 e. The Labute approximate surface area is 115 Å². The van der Waals surface area contributed by atoms with Crippen LogP contribution in [0, 0.1) is 0 Å². The average Bonchev–Trinajstić information content (AvgIpc) is 2.87. The van der Waals surface area contributed by atoms with Gasteiger partial charge in [-0.2, -0.15) is 13.2 Å². The Balaban J connectivity index is 2.22. The summed E-state index contributed by atoms with van der Waals surface area (Å²) in [5, 5.41) is 3.50. The molecule has 2 aromatic rings. The largest absolute Gasteiger partial charge is 0.453 e. The normalized spacial score (nSPS) is 13.8. The molecule has 0 radical (unpaired) electrons. The quantitative estimate of drug-likeness (QED) is 0.851. The first-order valence-corrected chi connectivity index (χ1v) is 6.37. The predicted molar refractivity (Wildman–Crippen MR) is 69.4 cm³/mol. The van der Waals surface area contributed by atoms with E-state index in [4.69, 9.17) is 0 Å². The van der Waals surface area contributed by atoms with Gasteiger partial charge in [-0.1, -0.05) is 38.1 Å². The van der Waals surface area contributed by atoms with Gasteiger partial charge in [-0.05, 0) is 24.0 Å². The number of hydrogen-bond donors (Lipinski definition) is 0. The Morgan fingerprint density at radius 3 is 2.00 bits per heavy atom. The standard InChI is InChI=1S/C14H16F3N3/c1-9(2)11-4-6-12(7-5-11)10(3)20-8-18-13(19-20)14(15,16)17/h4-10H,1-3H3. The van der Waals surface area contributed by atoms with Crippen molar-refractivity contribution in [2.45, 2.75) is 38.9 Å². The molecule has 0 amide bonds. The van der Waals surface area contributed by atoms with Crippen LogP contribution in [0.1, 0.15) is 49.7 Å². The number of rotatable bonds is 3. The summed E-state index contributed by atoms with van der Waals surface area (Å²) in [5.74, 6) is -0.689. The van der Waals surface area contributed by atoms with Gasteiger partial charge in [-0.3, -0.25) is 0 Å². The summed E-state index contributed by atoms with van der Waals surface area (Å²) >= 11 is 0. The third-order valence-corrected chi connectivity index (χ3v) is 3.24. The first-order valence-electron chi connectivity index (χ1n) is 6.37. The van der Waals surface area contributed by atoms with Crippen molar-refractivity contribution in [1.82, 2.24) is 14.8 Å². The fourth-order valence-corrected chi connectivity index (χ4v) is 1.90. The lowest BCUT2D eigenvalue weighted by atomic mass is 10.00. The number of halogens is 3. The first kappa shape index (κ1) is 14.6. The van der Waals surface area contributed by atoms with Crippen LogP contribution < -0.4 is 0 Å². The molecule has 1 atom stereocenters. The molecular formula is C14H16F3N3. The summed E-state index contributed by atoms with van der Waals surface area (Å²) in [6.07, 6.45) is -3.39. The summed E-state index contributed by atoms with van der Waals surface area (Å²) < 4.78 is 38.6. The third kappa shape index (κ3) is 3.00. The van der Waals surface area contributed by atoms with Gasteiger partial charge in [-0.15, -0.1) is 5.10 Å². The molecule has 2 rings (SSSR count). The van der Waals surface area contributed by atoms with Gasteiger partial charge in [0.1, 0.15) is 6.33 Å². The second-order valence-corrected chi connectivity index (χ2v) is 5.04. The van der Waals surface area contributed by atoms with Crippen LogP contribution >= 0.6 is 0 Å². The second-order valence-electron chi connectivity index (χ2n) is 5.04. The topological polar surface area (TPSA) is 30.7 Å². The second kappa shape index (κ2) is 5.26. The van der Waals surface area contributed by atoms with Gasteiger partial charge >= 0.3 is 6.18 Å². The summed E-state index contributed by atoms with van der Waals surface area (Å²) in [6.45, 7) is 5.97. The molecule has 20 heavy (non-hydrogen) atoms. The smallest absolute Gasteiger partial charge is 0.245 e. The zero-order valence-electron chi connectivity index (χ0n) is 11.5. The fourth-order valence-electron chi connectivity index (χ4n) is 1.90. The SMILES string of the molecule is CC(C)c1ccc(C(C)n2cnc(C(F)(F)F)n2)cc1. The van der Waals surface area contributed by atoms with E-state index in [0.29, 0.717) is 5.92 Å². The lowest BCUT2D eigenvalue weighted by molar-refractivity contribution is -0.145. The van der Waals surface area contributed by atoms with Crippen molar-refractivity contribution in [2.24, 2.45) is 0 Å². The molecule has 0 N–H and O–H groups in total. The van der Waals surface area contributed by atoms with Crippen LogP contribution in [0.3, 0.4) is 0 Å². The first-order chi connectivity index (χ1) is 9.29. The minimum atomic E-state index is -4.51. The molecule has 0 aliphatic rings. The maximum absolute atomic E-state index is 12.5. The van der Waals surface area contributed by atoms with Crippen molar-refractivity contribution in [1.29, 1.82) is 0 Å². The van der Waals surface area contributed by atoms with Gasteiger partial charge in [-0.25, -0.2) is 9.67 Å². The van der Waals surface area contributed by atoms with Crippen molar-refractivity contribution in [3.63, 3.8) is 0 Å². The fraction of sp³-hybridized carbons (Fsp3) is 0.429. The molecule has 6 heteroatoms. The van der Waals surface area contributed by atoms with E-state index in [0.717, 1.165) is 11.9 Å². The summed E-state index contributed by atoms with van der Waals surface area (Å²) in [7, 11) is 0. The monoisotopic (exact) mass is 283 g/mol. The number of hydrogen-bond acceptors (Lipinski definition) is 2. The van der Waals surface area contributed by atoms with Gasteiger partial charge in [0.05, 0.1) is 6.04 Å². The minimum absolute atomic E-state index is 0.292. The van der Waals surface area contributed by atoms with E-state index in [1.54, 1.807) is 6.92 Å². The van der Waals surface area contributed by atoms with Crippen molar-refractivity contribution in [3.8, 4) is 0 Å². The molecule has 0 aliphatic carbocycles. The van der Waals surface area contributed by atoms with Crippen LogP contribution in [0.4, 0.5) is 13.2 Å². The van der Waals surface area contributed by atoms with Gasteiger partial charge in [0.25, 0.3) is 5.82 Å². The number of nitrogens with zero attached hydrogens (tertiary/aromatic N) is 3. The molecule has 1 aromatic heterocycles. The van der Waals surface area contributed by atoms with Gasteiger partial charge in [0.15, 0.2) is 0 Å². The highest BCUT2D eigenvalue weighted by molar-refractivity contribution is 5.26. The molecule has 0 spiro atoms. The zero-order valence-corrected chi connectivity index (χ0v) is 11.5. The number of alkyl halides is 3. The van der Waals surface area contributed by atoms with E-state index in [-0.39, 0.29) is 6.04 Å².